The summed E-state index contributed by atoms with van der Waals surface area (Å²) in [5, 5.41) is 2.87. The Bertz CT molecular complexity index is 502. The van der Waals surface area contributed by atoms with E-state index in [2.05, 4.69) is 11.4 Å². The van der Waals surface area contributed by atoms with Gasteiger partial charge >= 0.3 is 5.97 Å². The highest BCUT2D eigenvalue weighted by molar-refractivity contribution is 7.99. The summed E-state index contributed by atoms with van der Waals surface area (Å²) in [5.41, 5.74) is 2.12. The summed E-state index contributed by atoms with van der Waals surface area (Å²) in [6, 6.07) is 6.10. The predicted molar refractivity (Wildman–Crippen MR) is 80.0 cm³/mol. The minimum Gasteiger partial charge on any atom is -0.466 e. The SMILES string of the molecule is CCOC(=O)CCCSc1ccc2c(c1)CCC(=O)N2. The molecule has 1 N–H and O–H groups in total. The van der Waals surface area contributed by atoms with E-state index in [0.29, 0.717) is 19.4 Å². The monoisotopic (exact) mass is 293 g/mol. The van der Waals surface area contributed by atoms with Gasteiger partial charge in [-0.05, 0) is 49.3 Å². The van der Waals surface area contributed by atoms with E-state index < -0.39 is 0 Å². The number of amides is 1. The number of benzene rings is 1. The van der Waals surface area contributed by atoms with E-state index in [0.717, 1.165) is 24.3 Å². The zero-order chi connectivity index (χ0) is 14.4. The van der Waals surface area contributed by atoms with Gasteiger partial charge in [0.05, 0.1) is 6.61 Å². The van der Waals surface area contributed by atoms with Gasteiger partial charge in [0, 0.05) is 23.4 Å². The van der Waals surface area contributed by atoms with E-state index in [-0.39, 0.29) is 11.9 Å². The third-order valence-corrected chi connectivity index (χ3v) is 4.15. The molecule has 0 fully saturated rings. The van der Waals surface area contributed by atoms with Crippen LogP contribution in [0.25, 0.3) is 0 Å². The van der Waals surface area contributed by atoms with Crippen LogP contribution in [-0.4, -0.2) is 24.2 Å². The van der Waals surface area contributed by atoms with Crippen LogP contribution in [0.5, 0.6) is 0 Å². The van der Waals surface area contributed by atoms with Crippen molar-refractivity contribution >= 4 is 29.3 Å². The second-order valence-electron chi connectivity index (χ2n) is 4.62. The lowest BCUT2D eigenvalue weighted by Gasteiger charge is -2.17. The number of carbonyl (C=O) groups excluding carboxylic acids is 2. The molecule has 0 bridgehead atoms. The number of fused-ring (bicyclic) bond motifs is 1. The first-order valence-electron chi connectivity index (χ1n) is 6.90. The molecule has 1 aromatic carbocycles. The smallest absolute Gasteiger partial charge is 0.305 e. The summed E-state index contributed by atoms with van der Waals surface area (Å²) in [7, 11) is 0. The van der Waals surface area contributed by atoms with E-state index in [1.54, 1.807) is 11.8 Å². The molecular weight excluding hydrogens is 274 g/mol. The van der Waals surface area contributed by atoms with Gasteiger partial charge in [-0.1, -0.05) is 0 Å². The van der Waals surface area contributed by atoms with Gasteiger partial charge in [0.1, 0.15) is 0 Å². The van der Waals surface area contributed by atoms with Gasteiger partial charge in [0.15, 0.2) is 0 Å². The molecule has 1 aromatic rings. The predicted octanol–water partition coefficient (Wildman–Crippen LogP) is 3.01. The lowest BCUT2D eigenvalue weighted by Crippen LogP contribution is -2.18. The normalized spacial score (nSPS) is 13.6. The maximum Gasteiger partial charge on any atom is 0.305 e. The van der Waals surface area contributed by atoms with Crippen LogP contribution < -0.4 is 5.32 Å². The van der Waals surface area contributed by atoms with Crippen molar-refractivity contribution in [1.82, 2.24) is 0 Å². The molecule has 1 amide bonds. The number of hydrogen-bond donors (Lipinski definition) is 1. The number of ether oxygens (including phenoxy) is 1. The number of anilines is 1. The van der Waals surface area contributed by atoms with Gasteiger partial charge in [-0.2, -0.15) is 0 Å². The molecule has 0 radical (unpaired) electrons. The average Bonchev–Trinajstić information content (AvgIpc) is 2.44. The molecule has 0 unspecified atom stereocenters. The maximum atomic E-state index is 11.3. The quantitative estimate of drug-likeness (QED) is 0.497. The Morgan fingerprint density at radius 3 is 3.05 bits per heavy atom. The third kappa shape index (κ3) is 4.27. The molecule has 5 heteroatoms. The van der Waals surface area contributed by atoms with E-state index in [9.17, 15) is 9.59 Å². The summed E-state index contributed by atoms with van der Waals surface area (Å²) >= 11 is 1.73. The minimum atomic E-state index is -0.124. The molecule has 108 valence electrons. The Kier molecular flexibility index (Phi) is 5.47. The molecule has 1 heterocycles. The molecule has 1 aliphatic heterocycles. The fourth-order valence-corrected chi connectivity index (χ4v) is 3.00. The first-order valence-corrected chi connectivity index (χ1v) is 7.89. The van der Waals surface area contributed by atoms with Crippen molar-refractivity contribution in [2.45, 2.75) is 37.5 Å². The summed E-state index contributed by atoms with van der Waals surface area (Å²) in [6.07, 6.45) is 2.65. The Hall–Kier alpha value is -1.49. The second-order valence-corrected chi connectivity index (χ2v) is 5.79. The molecule has 0 spiro atoms. The number of aryl methyl sites for hydroxylation is 1. The number of carbonyl (C=O) groups is 2. The highest BCUT2D eigenvalue weighted by Crippen LogP contribution is 2.28. The first-order chi connectivity index (χ1) is 9.69. The summed E-state index contributed by atoms with van der Waals surface area (Å²) in [4.78, 5) is 23.7. The molecule has 2 rings (SSSR count). The number of rotatable bonds is 6. The van der Waals surface area contributed by atoms with Crippen molar-refractivity contribution in [3.63, 3.8) is 0 Å². The second kappa shape index (κ2) is 7.33. The Labute approximate surface area is 123 Å². The van der Waals surface area contributed by atoms with E-state index in [4.69, 9.17) is 4.74 Å². The van der Waals surface area contributed by atoms with Gasteiger partial charge in [-0.3, -0.25) is 9.59 Å². The van der Waals surface area contributed by atoms with Gasteiger partial charge in [0.25, 0.3) is 0 Å². The Morgan fingerprint density at radius 2 is 2.25 bits per heavy atom. The molecule has 0 saturated heterocycles. The van der Waals surface area contributed by atoms with Crippen LogP contribution in [0.3, 0.4) is 0 Å². The van der Waals surface area contributed by atoms with Crippen LogP contribution in [0.1, 0.15) is 31.7 Å². The van der Waals surface area contributed by atoms with E-state index >= 15 is 0 Å². The van der Waals surface area contributed by atoms with Crippen LogP contribution in [0.2, 0.25) is 0 Å². The van der Waals surface area contributed by atoms with E-state index in [1.165, 1.54) is 10.5 Å². The molecule has 0 aliphatic carbocycles. The van der Waals surface area contributed by atoms with Gasteiger partial charge < -0.3 is 10.1 Å². The molecule has 20 heavy (non-hydrogen) atoms. The van der Waals surface area contributed by atoms with E-state index in [1.807, 2.05) is 19.1 Å². The van der Waals surface area contributed by atoms with Gasteiger partial charge in [-0.15, -0.1) is 11.8 Å². The number of esters is 1. The largest absolute Gasteiger partial charge is 0.466 e. The zero-order valence-corrected chi connectivity index (χ0v) is 12.4. The van der Waals surface area contributed by atoms with Crippen molar-refractivity contribution in [3.8, 4) is 0 Å². The molecule has 4 nitrogen and oxygen atoms in total. The topological polar surface area (TPSA) is 55.4 Å². The highest BCUT2D eigenvalue weighted by atomic mass is 32.2. The van der Waals surface area contributed by atoms with Crippen LogP contribution >= 0.6 is 11.8 Å². The number of nitrogens with one attached hydrogen (secondary N) is 1. The zero-order valence-electron chi connectivity index (χ0n) is 11.6. The summed E-state index contributed by atoms with van der Waals surface area (Å²) < 4.78 is 4.89. The van der Waals surface area contributed by atoms with Gasteiger partial charge in [-0.25, -0.2) is 0 Å². The summed E-state index contributed by atoms with van der Waals surface area (Å²) in [5.74, 6) is 0.859. The standard InChI is InChI=1S/C15H19NO3S/c1-2-19-15(18)4-3-9-20-12-6-7-13-11(10-12)5-8-14(17)16-13/h6-7,10H,2-5,8-9H2,1H3,(H,16,17). The molecule has 1 aliphatic rings. The molecule has 0 atom stereocenters. The molecular formula is C15H19NO3S. The number of hydrogen-bond acceptors (Lipinski definition) is 4. The highest BCUT2D eigenvalue weighted by Gasteiger charge is 2.14. The van der Waals surface area contributed by atoms with Crippen LogP contribution in [0.15, 0.2) is 23.1 Å². The van der Waals surface area contributed by atoms with Crippen molar-refractivity contribution < 1.29 is 14.3 Å². The molecule has 0 saturated carbocycles. The van der Waals surface area contributed by atoms with Crippen molar-refractivity contribution in [3.05, 3.63) is 23.8 Å². The Morgan fingerprint density at radius 1 is 1.40 bits per heavy atom. The Balaban J connectivity index is 1.79. The number of thioether (sulfide) groups is 1. The average molecular weight is 293 g/mol. The molecule has 0 aromatic heterocycles. The lowest BCUT2D eigenvalue weighted by atomic mass is 10.0. The van der Waals surface area contributed by atoms with Gasteiger partial charge in [0.2, 0.25) is 5.91 Å². The minimum absolute atomic E-state index is 0.0901. The third-order valence-electron chi connectivity index (χ3n) is 3.07. The van der Waals surface area contributed by atoms with Crippen LogP contribution in [0, 0.1) is 0 Å². The fraction of sp³-hybridized carbons (Fsp3) is 0.467. The first kappa shape index (κ1) is 14.9. The van der Waals surface area contributed by atoms with Crippen molar-refractivity contribution in [2.75, 3.05) is 17.7 Å². The van der Waals surface area contributed by atoms with Crippen molar-refractivity contribution in [1.29, 1.82) is 0 Å². The fourth-order valence-electron chi connectivity index (χ4n) is 2.09. The van der Waals surface area contributed by atoms with Crippen LogP contribution in [0.4, 0.5) is 5.69 Å². The van der Waals surface area contributed by atoms with Crippen molar-refractivity contribution in [2.24, 2.45) is 0 Å². The maximum absolute atomic E-state index is 11.3. The lowest BCUT2D eigenvalue weighted by molar-refractivity contribution is -0.143. The summed E-state index contributed by atoms with van der Waals surface area (Å²) in [6.45, 7) is 2.26. The van der Waals surface area contributed by atoms with Crippen LogP contribution in [-0.2, 0) is 20.7 Å².